The summed E-state index contributed by atoms with van der Waals surface area (Å²) >= 11 is 3.46. The number of rotatable bonds is 4. The lowest BCUT2D eigenvalue weighted by Crippen LogP contribution is -2.58. The quantitative estimate of drug-likeness (QED) is 0.671. The third-order valence-corrected chi connectivity index (χ3v) is 4.65. The number of ether oxygens (including phenoxy) is 2. The molecule has 2 heterocycles. The summed E-state index contributed by atoms with van der Waals surface area (Å²) < 4.78 is 12.9. The first-order valence-electron chi connectivity index (χ1n) is 7.38. The van der Waals surface area contributed by atoms with Crippen molar-refractivity contribution in [2.75, 3.05) is 7.11 Å². The SMILES string of the molecule is CO[C@@H]1O[C@H](Cn2cc(-c3ccccc3Br)nn2)[C@H](O)[C@H](O)[C@H]1O. The average molecular weight is 400 g/mol. The number of benzene rings is 1. The van der Waals surface area contributed by atoms with E-state index in [2.05, 4.69) is 26.2 Å². The molecule has 3 rings (SSSR count). The van der Waals surface area contributed by atoms with E-state index in [4.69, 9.17) is 9.47 Å². The molecule has 1 aliphatic rings. The molecule has 0 saturated carbocycles. The van der Waals surface area contributed by atoms with Crippen LogP contribution in [-0.4, -0.2) is 68.1 Å². The molecule has 0 spiro atoms. The van der Waals surface area contributed by atoms with Gasteiger partial charge in [0.15, 0.2) is 6.29 Å². The Hall–Kier alpha value is -1.36. The van der Waals surface area contributed by atoms with Crippen LogP contribution in [0.4, 0.5) is 0 Å². The van der Waals surface area contributed by atoms with Crippen LogP contribution < -0.4 is 0 Å². The maximum absolute atomic E-state index is 10.1. The van der Waals surface area contributed by atoms with Crippen molar-refractivity contribution in [2.45, 2.75) is 37.3 Å². The largest absolute Gasteiger partial charge is 0.388 e. The van der Waals surface area contributed by atoms with Crippen LogP contribution in [0.25, 0.3) is 11.3 Å². The summed E-state index contributed by atoms with van der Waals surface area (Å²) in [6.45, 7) is 0.155. The molecule has 0 radical (unpaired) electrons. The van der Waals surface area contributed by atoms with Crippen LogP contribution in [0, 0.1) is 0 Å². The second kappa shape index (κ2) is 7.26. The molecule has 8 nitrogen and oxygen atoms in total. The van der Waals surface area contributed by atoms with E-state index < -0.39 is 30.7 Å². The summed E-state index contributed by atoms with van der Waals surface area (Å²) in [7, 11) is 1.36. The number of aliphatic hydroxyl groups is 3. The second-order valence-corrected chi connectivity index (χ2v) is 6.41. The molecule has 1 aliphatic heterocycles. The number of aliphatic hydroxyl groups excluding tert-OH is 3. The Balaban J connectivity index is 1.76. The molecular formula is C15H18BrN3O5. The molecule has 5 atom stereocenters. The predicted octanol–water partition coefficient (Wildman–Crippen LogP) is 0.162. The topological polar surface area (TPSA) is 110 Å². The maximum atomic E-state index is 10.1. The zero-order valence-electron chi connectivity index (χ0n) is 12.9. The molecule has 0 unspecified atom stereocenters. The van der Waals surface area contributed by atoms with Gasteiger partial charge in [-0.25, -0.2) is 4.68 Å². The Bertz CT molecular complexity index is 695. The second-order valence-electron chi connectivity index (χ2n) is 5.56. The minimum absolute atomic E-state index is 0.155. The van der Waals surface area contributed by atoms with E-state index in [0.717, 1.165) is 10.0 Å². The van der Waals surface area contributed by atoms with Gasteiger partial charge in [0.05, 0.1) is 12.7 Å². The van der Waals surface area contributed by atoms with E-state index in [1.807, 2.05) is 24.3 Å². The molecule has 0 bridgehead atoms. The average Bonchev–Trinajstić information content (AvgIpc) is 3.04. The number of hydrogen-bond acceptors (Lipinski definition) is 7. The molecule has 2 aromatic rings. The molecule has 9 heteroatoms. The molecule has 0 amide bonds. The molecule has 1 saturated heterocycles. The smallest absolute Gasteiger partial charge is 0.186 e. The monoisotopic (exact) mass is 399 g/mol. The summed E-state index contributed by atoms with van der Waals surface area (Å²) in [6.07, 6.45) is -4.02. The summed E-state index contributed by atoms with van der Waals surface area (Å²) in [5.41, 5.74) is 1.55. The Kier molecular flexibility index (Phi) is 5.28. The highest BCUT2D eigenvalue weighted by molar-refractivity contribution is 9.10. The molecule has 3 N–H and O–H groups in total. The highest BCUT2D eigenvalue weighted by atomic mass is 79.9. The lowest BCUT2D eigenvalue weighted by atomic mass is 9.99. The minimum Gasteiger partial charge on any atom is -0.388 e. The summed E-state index contributed by atoms with van der Waals surface area (Å²) in [6, 6.07) is 7.62. The van der Waals surface area contributed by atoms with Gasteiger partial charge in [-0.2, -0.15) is 0 Å². The predicted molar refractivity (Wildman–Crippen MR) is 86.8 cm³/mol. The zero-order valence-corrected chi connectivity index (χ0v) is 14.4. The summed E-state index contributed by atoms with van der Waals surface area (Å²) in [5.74, 6) is 0. The van der Waals surface area contributed by atoms with Gasteiger partial charge in [-0.15, -0.1) is 5.10 Å². The first-order valence-corrected chi connectivity index (χ1v) is 8.18. The van der Waals surface area contributed by atoms with Crippen molar-refractivity contribution >= 4 is 15.9 Å². The van der Waals surface area contributed by atoms with Crippen molar-refractivity contribution in [1.82, 2.24) is 15.0 Å². The standard InChI is InChI=1S/C15H18BrN3O5/c1-23-15-14(22)13(21)12(20)11(24-15)7-19-6-10(17-18-19)8-4-2-3-5-9(8)16/h2-6,11-15,20-22H,7H2,1H3/t11-,12+,13+,14-,15-/m1/s1. The van der Waals surface area contributed by atoms with Gasteiger partial charge < -0.3 is 24.8 Å². The minimum atomic E-state index is -1.36. The van der Waals surface area contributed by atoms with E-state index in [-0.39, 0.29) is 6.54 Å². The fourth-order valence-corrected chi connectivity index (χ4v) is 3.11. The molecular weight excluding hydrogens is 382 g/mol. The zero-order chi connectivity index (χ0) is 17.3. The van der Waals surface area contributed by atoms with Crippen LogP contribution in [0.2, 0.25) is 0 Å². The number of methoxy groups -OCH3 is 1. The van der Waals surface area contributed by atoms with Gasteiger partial charge in [0.2, 0.25) is 0 Å². The van der Waals surface area contributed by atoms with Crippen LogP contribution in [0.3, 0.4) is 0 Å². The summed E-state index contributed by atoms with van der Waals surface area (Å²) in [5, 5.41) is 37.9. The van der Waals surface area contributed by atoms with Crippen LogP contribution >= 0.6 is 15.9 Å². The van der Waals surface area contributed by atoms with Crippen molar-refractivity contribution in [3.8, 4) is 11.3 Å². The Labute approximate surface area is 146 Å². The Morgan fingerprint density at radius 2 is 1.96 bits per heavy atom. The number of halogens is 1. The van der Waals surface area contributed by atoms with Crippen molar-refractivity contribution in [2.24, 2.45) is 0 Å². The van der Waals surface area contributed by atoms with Crippen molar-refractivity contribution < 1.29 is 24.8 Å². The van der Waals surface area contributed by atoms with E-state index in [1.54, 1.807) is 6.20 Å². The Morgan fingerprint density at radius 3 is 2.67 bits per heavy atom. The van der Waals surface area contributed by atoms with E-state index >= 15 is 0 Å². The lowest BCUT2D eigenvalue weighted by Gasteiger charge is -2.39. The van der Waals surface area contributed by atoms with Crippen molar-refractivity contribution in [1.29, 1.82) is 0 Å². The molecule has 24 heavy (non-hydrogen) atoms. The van der Waals surface area contributed by atoms with Gasteiger partial charge in [0.25, 0.3) is 0 Å². The van der Waals surface area contributed by atoms with Crippen LogP contribution in [0.5, 0.6) is 0 Å². The van der Waals surface area contributed by atoms with Crippen LogP contribution in [-0.2, 0) is 16.0 Å². The van der Waals surface area contributed by atoms with Gasteiger partial charge in [-0.1, -0.05) is 39.3 Å². The Morgan fingerprint density at radius 1 is 1.21 bits per heavy atom. The third-order valence-electron chi connectivity index (χ3n) is 3.96. The number of aromatic nitrogens is 3. The lowest BCUT2D eigenvalue weighted by molar-refractivity contribution is -0.292. The van der Waals surface area contributed by atoms with Crippen molar-refractivity contribution in [3.05, 3.63) is 34.9 Å². The molecule has 0 aliphatic carbocycles. The fourth-order valence-electron chi connectivity index (χ4n) is 2.63. The van der Waals surface area contributed by atoms with E-state index in [9.17, 15) is 15.3 Å². The molecule has 1 aromatic carbocycles. The molecule has 130 valence electrons. The van der Waals surface area contributed by atoms with Gasteiger partial charge in [-0.05, 0) is 6.07 Å². The van der Waals surface area contributed by atoms with Crippen LogP contribution in [0.15, 0.2) is 34.9 Å². The van der Waals surface area contributed by atoms with Crippen molar-refractivity contribution in [3.63, 3.8) is 0 Å². The molecule has 1 fully saturated rings. The van der Waals surface area contributed by atoms with Gasteiger partial charge in [0, 0.05) is 17.1 Å². The number of hydrogen-bond donors (Lipinski definition) is 3. The van der Waals surface area contributed by atoms with Gasteiger partial charge in [-0.3, -0.25) is 0 Å². The highest BCUT2D eigenvalue weighted by Crippen LogP contribution is 2.27. The first kappa shape index (κ1) is 17.5. The van der Waals surface area contributed by atoms with Crippen LogP contribution in [0.1, 0.15) is 0 Å². The highest BCUT2D eigenvalue weighted by Gasteiger charge is 2.44. The van der Waals surface area contributed by atoms with E-state index in [0.29, 0.717) is 5.69 Å². The summed E-state index contributed by atoms with van der Waals surface area (Å²) in [4.78, 5) is 0. The normalized spacial score (nSPS) is 30.5. The third kappa shape index (κ3) is 3.37. The van der Waals surface area contributed by atoms with Gasteiger partial charge >= 0.3 is 0 Å². The first-order chi connectivity index (χ1) is 11.5. The molecule has 1 aromatic heterocycles. The van der Waals surface area contributed by atoms with Gasteiger partial charge in [0.1, 0.15) is 30.1 Å². The fraction of sp³-hybridized carbons (Fsp3) is 0.467. The number of nitrogens with zero attached hydrogens (tertiary/aromatic N) is 3. The van der Waals surface area contributed by atoms with E-state index in [1.165, 1.54) is 11.8 Å². The maximum Gasteiger partial charge on any atom is 0.186 e.